The van der Waals surface area contributed by atoms with Crippen LogP contribution in [0.2, 0.25) is 0 Å². The zero-order chi connectivity index (χ0) is 13.9. The standard InChI is InChI=1S/C17H16N2O/c1-12-4-6-13(7-5-12)16-9-15(11-19-17(16)20)14-3-2-8-18-10-14/h2-11,16-17,20H,1H3. The highest BCUT2D eigenvalue weighted by Crippen LogP contribution is 2.29. The van der Waals surface area contributed by atoms with Gasteiger partial charge in [-0.05, 0) is 24.1 Å². The summed E-state index contributed by atoms with van der Waals surface area (Å²) in [4.78, 5) is 8.33. The van der Waals surface area contributed by atoms with E-state index >= 15 is 0 Å². The fourth-order valence-corrected chi connectivity index (χ4v) is 2.33. The molecule has 2 aromatic rings. The van der Waals surface area contributed by atoms with Crippen molar-refractivity contribution in [3.63, 3.8) is 0 Å². The summed E-state index contributed by atoms with van der Waals surface area (Å²) in [6.45, 7) is 2.05. The number of hydrogen-bond donors (Lipinski definition) is 1. The van der Waals surface area contributed by atoms with Crippen molar-refractivity contribution in [1.29, 1.82) is 0 Å². The number of aryl methyl sites for hydroxylation is 1. The number of allylic oxidation sites excluding steroid dienone is 1. The molecule has 2 unspecified atom stereocenters. The molecular formula is C17H16N2O. The van der Waals surface area contributed by atoms with E-state index in [-0.39, 0.29) is 5.92 Å². The summed E-state index contributed by atoms with van der Waals surface area (Å²) >= 11 is 0. The van der Waals surface area contributed by atoms with E-state index in [0.29, 0.717) is 0 Å². The zero-order valence-electron chi connectivity index (χ0n) is 11.3. The van der Waals surface area contributed by atoms with Crippen LogP contribution in [-0.4, -0.2) is 22.5 Å². The summed E-state index contributed by atoms with van der Waals surface area (Å²) in [7, 11) is 0. The number of nitrogens with zero attached hydrogens (tertiary/aromatic N) is 2. The van der Waals surface area contributed by atoms with E-state index in [9.17, 15) is 5.11 Å². The van der Waals surface area contributed by atoms with E-state index in [4.69, 9.17) is 0 Å². The smallest absolute Gasteiger partial charge is 0.155 e. The lowest BCUT2D eigenvalue weighted by Crippen LogP contribution is -2.18. The van der Waals surface area contributed by atoms with Gasteiger partial charge in [0.05, 0.1) is 0 Å². The van der Waals surface area contributed by atoms with Crippen LogP contribution in [0.3, 0.4) is 0 Å². The first-order chi connectivity index (χ1) is 9.74. The highest BCUT2D eigenvalue weighted by atomic mass is 16.3. The number of hydrogen-bond acceptors (Lipinski definition) is 3. The monoisotopic (exact) mass is 264 g/mol. The zero-order valence-corrected chi connectivity index (χ0v) is 11.3. The average molecular weight is 264 g/mol. The van der Waals surface area contributed by atoms with Gasteiger partial charge >= 0.3 is 0 Å². The minimum Gasteiger partial charge on any atom is -0.371 e. The normalized spacial score (nSPS) is 21.6. The Morgan fingerprint density at radius 2 is 1.90 bits per heavy atom. The minimum atomic E-state index is -0.724. The lowest BCUT2D eigenvalue weighted by Gasteiger charge is -2.22. The first-order valence-electron chi connectivity index (χ1n) is 6.64. The Balaban J connectivity index is 1.96. The van der Waals surface area contributed by atoms with Crippen molar-refractivity contribution in [1.82, 2.24) is 4.98 Å². The van der Waals surface area contributed by atoms with Crippen molar-refractivity contribution < 1.29 is 5.11 Å². The molecule has 1 aromatic carbocycles. The molecule has 3 heteroatoms. The molecule has 3 nitrogen and oxygen atoms in total. The fraction of sp³-hybridized carbons (Fsp3) is 0.176. The molecule has 0 amide bonds. The van der Waals surface area contributed by atoms with Gasteiger partial charge in [-0.2, -0.15) is 0 Å². The van der Waals surface area contributed by atoms with Crippen LogP contribution in [0, 0.1) is 6.92 Å². The van der Waals surface area contributed by atoms with Gasteiger partial charge in [0, 0.05) is 30.1 Å². The van der Waals surface area contributed by atoms with Crippen molar-refractivity contribution in [3.05, 3.63) is 71.6 Å². The quantitative estimate of drug-likeness (QED) is 0.906. The summed E-state index contributed by atoms with van der Waals surface area (Å²) in [6, 6.07) is 12.1. The van der Waals surface area contributed by atoms with Crippen LogP contribution in [0.5, 0.6) is 0 Å². The number of pyridine rings is 1. The molecule has 1 aliphatic rings. The fourth-order valence-electron chi connectivity index (χ4n) is 2.33. The molecule has 100 valence electrons. The molecule has 3 rings (SSSR count). The number of dihydropyridines is 1. The minimum absolute atomic E-state index is 0.115. The molecule has 1 aliphatic heterocycles. The van der Waals surface area contributed by atoms with Gasteiger partial charge in [0.2, 0.25) is 0 Å². The summed E-state index contributed by atoms with van der Waals surface area (Å²) in [5.41, 5.74) is 4.29. The van der Waals surface area contributed by atoms with Crippen molar-refractivity contribution in [3.8, 4) is 0 Å². The Morgan fingerprint density at radius 1 is 1.10 bits per heavy atom. The van der Waals surface area contributed by atoms with Gasteiger partial charge in [0.25, 0.3) is 0 Å². The van der Waals surface area contributed by atoms with Crippen molar-refractivity contribution in [2.75, 3.05) is 0 Å². The maximum atomic E-state index is 10.1. The first-order valence-corrected chi connectivity index (χ1v) is 6.64. The molecule has 0 spiro atoms. The molecule has 0 saturated carbocycles. The van der Waals surface area contributed by atoms with Gasteiger partial charge in [0.1, 0.15) is 0 Å². The Morgan fingerprint density at radius 3 is 2.60 bits per heavy atom. The van der Waals surface area contributed by atoms with Gasteiger partial charge in [-0.15, -0.1) is 0 Å². The second kappa shape index (κ2) is 5.39. The highest BCUT2D eigenvalue weighted by Gasteiger charge is 2.22. The lowest BCUT2D eigenvalue weighted by atomic mass is 9.91. The Hall–Kier alpha value is -2.26. The van der Waals surface area contributed by atoms with E-state index in [1.165, 1.54) is 5.56 Å². The molecule has 0 aliphatic carbocycles. The topological polar surface area (TPSA) is 45.5 Å². The number of aliphatic hydroxyl groups is 1. The molecule has 0 fully saturated rings. The largest absolute Gasteiger partial charge is 0.371 e. The third-order valence-corrected chi connectivity index (χ3v) is 3.50. The molecule has 2 atom stereocenters. The predicted molar refractivity (Wildman–Crippen MR) is 80.6 cm³/mol. The molecule has 1 N–H and O–H groups in total. The molecule has 0 saturated heterocycles. The Kier molecular flexibility index (Phi) is 3.44. The average Bonchev–Trinajstić information content (AvgIpc) is 2.50. The van der Waals surface area contributed by atoms with Crippen molar-refractivity contribution in [2.24, 2.45) is 4.99 Å². The van der Waals surface area contributed by atoms with Crippen LogP contribution in [0.1, 0.15) is 22.6 Å². The van der Waals surface area contributed by atoms with E-state index in [1.807, 2.05) is 30.5 Å². The number of rotatable bonds is 2. The molecule has 1 aromatic heterocycles. The summed E-state index contributed by atoms with van der Waals surface area (Å²) in [5, 5.41) is 10.1. The van der Waals surface area contributed by atoms with Crippen molar-refractivity contribution in [2.45, 2.75) is 19.1 Å². The lowest BCUT2D eigenvalue weighted by molar-refractivity contribution is 0.169. The molecule has 0 radical (unpaired) electrons. The SMILES string of the molecule is Cc1ccc(C2C=C(c3cccnc3)C=NC2O)cc1. The van der Waals surface area contributed by atoms with Crippen LogP contribution < -0.4 is 0 Å². The third kappa shape index (κ3) is 2.53. The molecule has 20 heavy (non-hydrogen) atoms. The van der Waals surface area contributed by atoms with Crippen LogP contribution >= 0.6 is 0 Å². The van der Waals surface area contributed by atoms with Crippen LogP contribution in [-0.2, 0) is 0 Å². The van der Waals surface area contributed by atoms with E-state index < -0.39 is 6.23 Å². The van der Waals surface area contributed by atoms with Crippen LogP contribution in [0.4, 0.5) is 0 Å². The highest BCUT2D eigenvalue weighted by molar-refractivity contribution is 6.10. The van der Waals surface area contributed by atoms with Gasteiger partial charge in [0.15, 0.2) is 6.23 Å². The summed E-state index contributed by atoms with van der Waals surface area (Å²) in [6.07, 6.45) is 6.60. The summed E-state index contributed by atoms with van der Waals surface area (Å²) < 4.78 is 0. The molecule has 2 heterocycles. The second-order valence-electron chi connectivity index (χ2n) is 4.99. The predicted octanol–water partition coefficient (Wildman–Crippen LogP) is 2.96. The van der Waals surface area contributed by atoms with E-state index in [1.54, 1.807) is 12.4 Å². The Bertz CT molecular complexity index is 644. The molecular weight excluding hydrogens is 248 g/mol. The molecule has 0 bridgehead atoms. The maximum Gasteiger partial charge on any atom is 0.155 e. The third-order valence-electron chi connectivity index (χ3n) is 3.50. The van der Waals surface area contributed by atoms with Gasteiger partial charge in [-0.3, -0.25) is 9.98 Å². The van der Waals surface area contributed by atoms with Crippen molar-refractivity contribution >= 4 is 11.8 Å². The van der Waals surface area contributed by atoms with Gasteiger partial charge in [-0.1, -0.05) is 42.0 Å². The van der Waals surface area contributed by atoms with Crippen LogP contribution in [0.25, 0.3) is 5.57 Å². The summed E-state index contributed by atoms with van der Waals surface area (Å²) in [5.74, 6) is -0.115. The second-order valence-corrected chi connectivity index (χ2v) is 4.99. The van der Waals surface area contributed by atoms with E-state index in [2.05, 4.69) is 35.1 Å². The van der Waals surface area contributed by atoms with Gasteiger partial charge in [-0.25, -0.2) is 0 Å². The first kappa shape index (κ1) is 12.8. The van der Waals surface area contributed by atoms with Gasteiger partial charge < -0.3 is 5.11 Å². The Labute approximate surface area is 118 Å². The maximum absolute atomic E-state index is 10.1. The number of aliphatic hydroxyl groups excluding tert-OH is 1. The number of aliphatic imine (C=N–C) groups is 1. The number of aromatic nitrogens is 1. The van der Waals surface area contributed by atoms with E-state index in [0.717, 1.165) is 16.7 Å². The number of benzene rings is 1. The van der Waals surface area contributed by atoms with Crippen LogP contribution in [0.15, 0.2) is 59.9 Å².